The fourth-order valence-electron chi connectivity index (χ4n) is 5.30. The molecule has 5 aromatic rings. The number of pyridine rings is 2. The molecule has 1 amide bonds. The zero-order valence-corrected chi connectivity index (χ0v) is 24.5. The van der Waals surface area contributed by atoms with Crippen molar-refractivity contribution in [3.05, 3.63) is 79.3 Å². The Kier molecular flexibility index (Phi) is 7.12. The van der Waals surface area contributed by atoms with Crippen molar-refractivity contribution in [3.63, 3.8) is 0 Å². The van der Waals surface area contributed by atoms with Crippen molar-refractivity contribution in [1.82, 2.24) is 34.4 Å². The van der Waals surface area contributed by atoms with Gasteiger partial charge >= 0.3 is 0 Å². The number of rotatable bonds is 6. The predicted molar refractivity (Wildman–Crippen MR) is 162 cm³/mol. The maximum Gasteiger partial charge on any atom is 0.246 e. The van der Waals surface area contributed by atoms with Crippen molar-refractivity contribution in [3.8, 4) is 11.5 Å². The minimum atomic E-state index is -0.472. The third-order valence-corrected chi connectivity index (χ3v) is 7.70. The van der Waals surface area contributed by atoms with Crippen LogP contribution in [0.2, 0.25) is 0 Å². The summed E-state index contributed by atoms with van der Waals surface area (Å²) in [5.41, 5.74) is 2.16. The van der Waals surface area contributed by atoms with Gasteiger partial charge in [-0.1, -0.05) is 27.4 Å². The van der Waals surface area contributed by atoms with E-state index in [2.05, 4.69) is 57.6 Å². The first kappa shape index (κ1) is 28.0. The quantitative estimate of drug-likeness (QED) is 0.267. The van der Waals surface area contributed by atoms with Crippen LogP contribution in [-0.2, 0) is 4.79 Å². The summed E-state index contributed by atoms with van der Waals surface area (Å²) in [6, 6.07) is 10.5. The molecule has 1 saturated heterocycles. The van der Waals surface area contributed by atoms with Crippen LogP contribution in [0.1, 0.15) is 26.3 Å². The summed E-state index contributed by atoms with van der Waals surface area (Å²) in [4.78, 5) is 34.4. The van der Waals surface area contributed by atoms with E-state index in [-0.39, 0.29) is 23.1 Å². The van der Waals surface area contributed by atoms with E-state index < -0.39 is 5.82 Å². The van der Waals surface area contributed by atoms with Crippen LogP contribution in [0.4, 0.5) is 21.7 Å². The van der Waals surface area contributed by atoms with Crippen LogP contribution in [0.5, 0.6) is 11.5 Å². The highest BCUT2D eigenvalue weighted by Gasteiger charge is 2.37. The molecule has 0 radical (unpaired) electrons. The average Bonchev–Trinajstić information content (AvgIpc) is 3.48. The van der Waals surface area contributed by atoms with Gasteiger partial charge in [-0.15, -0.1) is 0 Å². The van der Waals surface area contributed by atoms with Crippen LogP contribution in [0.25, 0.3) is 16.7 Å². The number of nitrogens with one attached hydrogen (secondary N) is 1. The molecule has 1 fully saturated rings. The molecule has 6 rings (SSSR count). The van der Waals surface area contributed by atoms with Crippen LogP contribution in [0.3, 0.4) is 0 Å². The Balaban J connectivity index is 1.26. The maximum atomic E-state index is 15.6. The summed E-state index contributed by atoms with van der Waals surface area (Å²) < 4.78 is 23.2. The summed E-state index contributed by atoms with van der Waals surface area (Å²) in [6.07, 6.45) is 5.97. The lowest BCUT2D eigenvalue weighted by molar-refractivity contribution is -0.131. The van der Waals surface area contributed by atoms with E-state index >= 15 is 4.39 Å². The number of fused-ring (bicyclic) bond motifs is 2. The van der Waals surface area contributed by atoms with E-state index in [0.29, 0.717) is 59.2 Å². The van der Waals surface area contributed by atoms with E-state index in [4.69, 9.17) is 9.72 Å². The Hall–Kier alpha value is -5.13. The second-order valence-corrected chi connectivity index (χ2v) is 11.5. The molecule has 1 aliphatic heterocycles. The minimum Gasteiger partial charge on any atom is -0.457 e. The smallest absolute Gasteiger partial charge is 0.246 e. The van der Waals surface area contributed by atoms with E-state index in [1.807, 2.05) is 17.0 Å². The zero-order chi connectivity index (χ0) is 30.3. The Labute approximate surface area is 248 Å². The van der Waals surface area contributed by atoms with Crippen molar-refractivity contribution in [2.24, 2.45) is 5.41 Å². The van der Waals surface area contributed by atoms with Crippen molar-refractivity contribution in [2.75, 3.05) is 29.9 Å². The molecule has 0 saturated carbocycles. The van der Waals surface area contributed by atoms with Crippen molar-refractivity contribution in [1.29, 1.82) is 0 Å². The van der Waals surface area contributed by atoms with Gasteiger partial charge in [0.15, 0.2) is 17.3 Å². The van der Waals surface area contributed by atoms with Crippen LogP contribution < -0.4 is 15.0 Å². The number of carbonyl (C=O) groups excluding carboxylic acids is 1. The molecule has 43 heavy (non-hydrogen) atoms. The van der Waals surface area contributed by atoms with E-state index in [9.17, 15) is 4.79 Å². The van der Waals surface area contributed by atoms with E-state index in [1.165, 1.54) is 18.7 Å². The number of nitrogens with zero attached hydrogens (tertiary/aromatic N) is 8. The lowest BCUT2D eigenvalue weighted by atomic mass is 9.84. The highest BCUT2D eigenvalue weighted by Crippen LogP contribution is 2.34. The molecule has 0 spiro atoms. The predicted octanol–water partition coefficient (Wildman–Crippen LogP) is 5.30. The van der Waals surface area contributed by atoms with Gasteiger partial charge in [0.2, 0.25) is 5.91 Å². The number of hydrogen-bond donors (Lipinski definition) is 1. The Morgan fingerprint density at radius 1 is 1.12 bits per heavy atom. The Bertz CT molecular complexity index is 1850. The normalized spacial score (nSPS) is 15.6. The topological polar surface area (TPSA) is 114 Å². The first-order valence-corrected chi connectivity index (χ1v) is 14.0. The van der Waals surface area contributed by atoms with Gasteiger partial charge in [0.1, 0.15) is 35.5 Å². The van der Waals surface area contributed by atoms with Gasteiger partial charge in [-0.2, -0.15) is 5.10 Å². The van der Waals surface area contributed by atoms with Crippen LogP contribution in [0.15, 0.2) is 67.9 Å². The number of benzene rings is 1. The van der Waals surface area contributed by atoms with Gasteiger partial charge in [-0.3, -0.25) is 4.79 Å². The molecular formula is C31H32FN9O2. The van der Waals surface area contributed by atoms with Gasteiger partial charge in [0, 0.05) is 37.5 Å². The third kappa shape index (κ3) is 5.43. The molecule has 220 valence electrons. The number of piperazine rings is 1. The standard InChI is InChI=1S/C31H32FN9O2/c1-6-27(42)40-14-13-39(16-24(40)31(3,4)5)25-10-8-22-29(38-25)30(35-17-33-22)37-21-7-9-23(19(2)28(21)32)43-20-11-12-41-26(15-20)34-18-36-41/h6-12,15,17-18,24H,1,13-14,16H2,2-5H3,(H,33,35,37)/t24-/m1/s1. The molecule has 5 heterocycles. The van der Waals surface area contributed by atoms with Crippen molar-refractivity contribution < 1.29 is 13.9 Å². The van der Waals surface area contributed by atoms with E-state index in [0.717, 1.165) is 5.82 Å². The number of anilines is 3. The summed E-state index contributed by atoms with van der Waals surface area (Å²) in [7, 11) is 0. The van der Waals surface area contributed by atoms with Crippen LogP contribution in [0, 0.1) is 18.2 Å². The summed E-state index contributed by atoms with van der Waals surface area (Å²) in [5, 5.41) is 7.19. The molecule has 0 unspecified atom stereocenters. The van der Waals surface area contributed by atoms with Gasteiger partial charge in [0.05, 0.1) is 17.2 Å². The zero-order valence-electron chi connectivity index (χ0n) is 24.5. The molecule has 12 heteroatoms. The molecular weight excluding hydrogens is 549 g/mol. The SMILES string of the molecule is C=CC(=O)N1CCN(c2ccc3ncnc(Nc4ccc(Oc5ccn6ncnc6c5)c(C)c4F)c3n2)C[C@@H]1C(C)(C)C. The number of halogens is 1. The van der Waals surface area contributed by atoms with Gasteiger partial charge in [-0.05, 0) is 48.7 Å². The fraction of sp³-hybridized carbons (Fsp3) is 0.290. The third-order valence-electron chi connectivity index (χ3n) is 7.70. The molecule has 0 aliphatic carbocycles. The number of amides is 1. The van der Waals surface area contributed by atoms with Crippen molar-refractivity contribution >= 4 is 39.9 Å². The maximum absolute atomic E-state index is 15.6. The highest BCUT2D eigenvalue weighted by molar-refractivity contribution is 5.89. The molecule has 11 nitrogen and oxygen atoms in total. The fourth-order valence-corrected chi connectivity index (χ4v) is 5.30. The Morgan fingerprint density at radius 2 is 1.95 bits per heavy atom. The summed E-state index contributed by atoms with van der Waals surface area (Å²) in [6.45, 7) is 13.5. The second kappa shape index (κ2) is 10.9. The molecule has 1 aliphatic rings. The first-order chi connectivity index (χ1) is 20.6. The lowest BCUT2D eigenvalue weighted by Gasteiger charge is -2.47. The van der Waals surface area contributed by atoms with Gasteiger partial charge in [0.25, 0.3) is 0 Å². The monoisotopic (exact) mass is 581 g/mol. The van der Waals surface area contributed by atoms with E-state index in [1.54, 1.807) is 41.9 Å². The molecule has 1 atom stereocenters. The highest BCUT2D eigenvalue weighted by atomic mass is 19.1. The number of carbonyl (C=O) groups is 1. The van der Waals surface area contributed by atoms with Crippen LogP contribution >= 0.6 is 0 Å². The number of aromatic nitrogens is 6. The summed E-state index contributed by atoms with van der Waals surface area (Å²) in [5.74, 6) is 1.46. The lowest BCUT2D eigenvalue weighted by Crippen LogP contribution is -2.59. The van der Waals surface area contributed by atoms with Crippen LogP contribution in [-0.4, -0.2) is 66.0 Å². The average molecular weight is 582 g/mol. The Morgan fingerprint density at radius 3 is 2.74 bits per heavy atom. The molecule has 1 N–H and O–H groups in total. The number of ether oxygens (including phenoxy) is 1. The van der Waals surface area contributed by atoms with Gasteiger partial charge in [-0.25, -0.2) is 28.8 Å². The minimum absolute atomic E-state index is 0.0371. The second-order valence-electron chi connectivity index (χ2n) is 11.5. The molecule has 4 aromatic heterocycles. The number of hydrogen-bond acceptors (Lipinski definition) is 9. The molecule has 0 bridgehead atoms. The van der Waals surface area contributed by atoms with Gasteiger partial charge < -0.3 is 19.9 Å². The summed E-state index contributed by atoms with van der Waals surface area (Å²) >= 11 is 0. The first-order valence-electron chi connectivity index (χ1n) is 14.0. The van der Waals surface area contributed by atoms with Crippen molar-refractivity contribution in [2.45, 2.75) is 33.7 Å². The molecule has 1 aromatic carbocycles. The largest absolute Gasteiger partial charge is 0.457 e.